The van der Waals surface area contributed by atoms with Gasteiger partial charge in [-0.15, -0.1) is 5.10 Å². The van der Waals surface area contributed by atoms with Gasteiger partial charge in [0.15, 0.2) is 5.82 Å². The van der Waals surface area contributed by atoms with Gasteiger partial charge in [0, 0.05) is 12.2 Å². The first-order valence-corrected chi connectivity index (χ1v) is 9.14. The Bertz CT molecular complexity index is 906. The highest BCUT2D eigenvalue weighted by molar-refractivity contribution is 5.89. The molecule has 0 saturated carbocycles. The third-order valence-electron chi connectivity index (χ3n) is 4.31. The lowest BCUT2D eigenvalue weighted by Crippen LogP contribution is -2.13. The molecule has 27 heavy (non-hydrogen) atoms. The van der Waals surface area contributed by atoms with E-state index in [4.69, 9.17) is 10.5 Å². The molecule has 1 amide bonds. The Hall–Kier alpha value is -2.99. The van der Waals surface area contributed by atoms with Crippen LogP contribution in [0, 0.1) is 0 Å². The minimum atomic E-state index is -0.654. The van der Waals surface area contributed by atoms with Crippen LogP contribution in [0.4, 0.5) is 0 Å². The van der Waals surface area contributed by atoms with E-state index in [9.17, 15) is 4.79 Å². The minimum Gasteiger partial charge on any atom is -0.374 e. The zero-order valence-corrected chi connectivity index (χ0v) is 15.6. The van der Waals surface area contributed by atoms with E-state index in [1.807, 2.05) is 61.5 Å². The number of primary amides is 1. The predicted octanol–water partition coefficient (Wildman–Crippen LogP) is 3.91. The lowest BCUT2D eigenvalue weighted by Gasteiger charge is -2.15. The molecule has 0 fully saturated rings. The number of carbonyl (C=O) groups excluding carboxylic acids is 1. The van der Waals surface area contributed by atoms with Gasteiger partial charge in [0.05, 0.1) is 11.8 Å². The van der Waals surface area contributed by atoms with Gasteiger partial charge < -0.3 is 10.5 Å². The number of benzene rings is 2. The standard InChI is InChI=1S/C21H24N4O2/c1-3-4-13-27-15(2)17-11-8-12-18(14-17)25-21(16-9-6-5-7-10-16)23-20(24-25)19(22)26/h5-12,14-15H,3-4,13H2,1-2H3,(H2,22,26). The SMILES string of the molecule is CCCCOC(C)c1cccc(-n2nc(C(N)=O)nc2-c2ccccc2)c1. The third kappa shape index (κ3) is 4.41. The first-order chi connectivity index (χ1) is 13.1. The van der Waals surface area contributed by atoms with Crippen LogP contribution in [0.15, 0.2) is 54.6 Å². The van der Waals surface area contributed by atoms with Gasteiger partial charge in [-0.1, -0.05) is 55.8 Å². The van der Waals surface area contributed by atoms with Gasteiger partial charge in [-0.2, -0.15) is 0 Å². The third-order valence-corrected chi connectivity index (χ3v) is 4.31. The number of hydrogen-bond acceptors (Lipinski definition) is 4. The van der Waals surface area contributed by atoms with Gasteiger partial charge >= 0.3 is 0 Å². The second kappa shape index (κ2) is 8.60. The molecule has 1 aromatic heterocycles. The van der Waals surface area contributed by atoms with E-state index in [0.717, 1.165) is 36.3 Å². The van der Waals surface area contributed by atoms with Gasteiger partial charge in [-0.25, -0.2) is 9.67 Å². The molecule has 0 bridgehead atoms. The summed E-state index contributed by atoms with van der Waals surface area (Å²) in [5, 5.41) is 4.32. The molecule has 140 valence electrons. The first kappa shape index (κ1) is 18.8. The Balaban J connectivity index is 1.98. The van der Waals surface area contributed by atoms with E-state index in [0.29, 0.717) is 5.82 Å². The molecule has 1 unspecified atom stereocenters. The smallest absolute Gasteiger partial charge is 0.288 e. The van der Waals surface area contributed by atoms with Crippen molar-refractivity contribution in [1.82, 2.24) is 14.8 Å². The number of amides is 1. The van der Waals surface area contributed by atoms with Crippen molar-refractivity contribution in [2.24, 2.45) is 5.73 Å². The van der Waals surface area contributed by atoms with Crippen LogP contribution in [-0.4, -0.2) is 27.3 Å². The fourth-order valence-corrected chi connectivity index (χ4v) is 2.78. The van der Waals surface area contributed by atoms with E-state index in [1.165, 1.54) is 0 Å². The molecule has 0 aliphatic rings. The van der Waals surface area contributed by atoms with Crippen LogP contribution in [0.1, 0.15) is 49.0 Å². The summed E-state index contributed by atoms with van der Waals surface area (Å²) >= 11 is 0. The van der Waals surface area contributed by atoms with Crippen LogP contribution in [0.5, 0.6) is 0 Å². The molecule has 2 aromatic carbocycles. The number of hydrogen-bond donors (Lipinski definition) is 1. The summed E-state index contributed by atoms with van der Waals surface area (Å²) in [5.41, 5.74) is 8.10. The summed E-state index contributed by atoms with van der Waals surface area (Å²) in [6.45, 7) is 4.90. The van der Waals surface area contributed by atoms with Crippen molar-refractivity contribution in [3.63, 3.8) is 0 Å². The van der Waals surface area contributed by atoms with Crippen LogP contribution in [0.2, 0.25) is 0 Å². The molecule has 0 spiro atoms. The molecule has 1 atom stereocenters. The van der Waals surface area contributed by atoms with E-state index < -0.39 is 5.91 Å². The Morgan fingerprint density at radius 2 is 1.96 bits per heavy atom. The summed E-state index contributed by atoms with van der Waals surface area (Å²) in [6, 6.07) is 17.5. The van der Waals surface area contributed by atoms with Crippen molar-refractivity contribution < 1.29 is 9.53 Å². The van der Waals surface area contributed by atoms with Crippen molar-refractivity contribution in [2.75, 3.05) is 6.61 Å². The average molecular weight is 364 g/mol. The second-order valence-corrected chi connectivity index (χ2v) is 6.36. The van der Waals surface area contributed by atoms with Crippen LogP contribution in [0.3, 0.4) is 0 Å². The topological polar surface area (TPSA) is 83.0 Å². The van der Waals surface area contributed by atoms with E-state index >= 15 is 0 Å². The molecular weight excluding hydrogens is 340 g/mol. The molecule has 0 aliphatic heterocycles. The largest absolute Gasteiger partial charge is 0.374 e. The van der Waals surface area contributed by atoms with Gasteiger partial charge in [0.25, 0.3) is 5.91 Å². The number of carbonyl (C=O) groups is 1. The monoisotopic (exact) mass is 364 g/mol. The van der Waals surface area contributed by atoms with Gasteiger partial charge in [-0.3, -0.25) is 4.79 Å². The van der Waals surface area contributed by atoms with E-state index in [-0.39, 0.29) is 11.9 Å². The zero-order valence-electron chi connectivity index (χ0n) is 15.6. The minimum absolute atomic E-state index is 0.00787. The molecule has 6 heteroatoms. The maximum absolute atomic E-state index is 11.6. The van der Waals surface area contributed by atoms with Gasteiger partial charge in [0.2, 0.25) is 5.82 Å². The Morgan fingerprint density at radius 3 is 2.67 bits per heavy atom. The van der Waals surface area contributed by atoms with Crippen molar-refractivity contribution >= 4 is 5.91 Å². The number of rotatable bonds is 8. The molecule has 0 radical (unpaired) electrons. The number of nitrogens with zero attached hydrogens (tertiary/aromatic N) is 3. The number of unbranched alkanes of at least 4 members (excludes halogenated alkanes) is 1. The second-order valence-electron chi connectivity index (χ2n) is 6.36. The quantitative estimate of drug-likeness (QED) is 0.614. The van der Waals surface area contributed by atoms with Crippen LogP contribution in [-0.2, 0) is 4.74 Å². The molecule has 1 heterocycles. The summed E-state index contributed by atoms with van der Waals surface area (Å²) in [6.07, 6.45) is 2.10. The Morgan fingerprint density at radius 1 is 1.19 bits per heavy atom. The van der Waals surface area contributed by atoms with Gasteiger partial charge in [-0.05, 0) is 31.0 Å². The maximum atomic E-state index is 11.6. The lowest BCUT2D eigenvalue weighted by atomic mass is 10.1. The van der Waals surface area contributed by atoms with Crippen molar-refractivity contribution in [3.05, 3.63) is 66.0 Å². The first-order valence-electron chi connectivity index (χ1n) is 9.14. The van der Waals surface area contributed by atoms with Crippen LogP contribution in [0.25, 0.3) is 17.1 Å². The average Bonchev–Trinajstić information content (AvgIpc) is 3.15. The molecule has 2 N–H and O–H groups in total. The fraction of sp³-hybridized carbons (Fsp3) is 0.286. The molecule has 6 nitrogen and oxygen atoms in total. The van der Waals surface area contributed by atoms with Crippen LogP contribution < -0.4 is 5.73 Å². The maximum Gasteiger partial charge on any atom is 0.288 e. The summed E-state index contributed by atoms with van der Waals surface area (Å²) in [7, 11) is 0. The van der Waals surface area contributed by atoms with E-state index in [2.05, 4.69) is 17.0 Å². The molecule has 3 rings (SSSR count). The predicted molar refractivity (Wildman–Crippen MR) is 105 cm³/mol. The van der Waals surface area contributed by atoms with Gasteiger partial charge in [0.1, 0.15) is 0 Å². The molecule has 0 aliphatic carbocycles. The summed E-state index contributed by atoms with van der Waals surface area (Å²) < 4.78 is 7.55. The highest BCUT2D eigenvalue weighted by atomic mass is 16.5. The van der Waals surface area contributed by atoms with Crippen molar-refractivity contribution in [1.29, 1.82) is 0 Å². The zero-order chi connectivity index (χ0) is 19.2. The summed E-state index contributed by atoms with van der Waals surface area (Å²) in [4.78, 5) is 16.0. The molecular formula is C21H24N4O2. The Kier molecular flexibility index (Phi) is 5.98. The number of nitrogens with two attached hydrogens (primary N) is 1. The fourth-order valence-electron chi connectivity index (χ4n) is 2.78. The van der Waals surface area contributed by atoms with Crippen molar-refractivity contribution in [2.45, 2.75) is 32.8 Å². The highest BCUT2D eigenvalue weighted by Crippen LogP contribution is 2.24. The number of aromatic nitrogens is 3. The summed E-state index contributed by atoms with van der Waals surface area (Å²) in [5.74, 6) is -0.0917. The number of ether oxygens (including phenoxy) is 1. The lowest BCUT2D eigenvalue weighted by molar-refractivity contribution is 0.0637. The normalized spacial score (nSPS) is 12.1. The van der Waals surface area contributed by atoms with Crippen LogP contribution >= 0.6 is 0 Å². The highest BCUT2D eigenvalue weighted by Gasteiger charge is 2.17. The Labute approximate surface area is 159 Å². The molecule has 3 aromatic rings. The van der Waals surface area contributed by atoms with Crippen molar-refractivity contribution in [3.8, 4) is 17.1 Å². The van der Waals surface area contributed by atoms with E-state index in [1.54, 1.807) is 4.68 Å². The molecule has 0 saturated heterocycles.